The van der Waals surface area contributed by atoms with Gasteiger partial charge in [-0.2, -0.15) is 0 Å². The molecule has 0 bridgehead atoms. The molecule has 0 unspecified atom stereocenters. The minimum absolute atomic E-state index is 0.0446. The molecule has 5 heteroatoms. The fraction of sp³-hybridized carbons (Fsp3) is 0.200. The SMILES string of the molecule is COc1cccc(/C=C/C(=O)NCc2ccc(C(=O)N(C)C)cc2)c1. The van der Waals surface area contributed by atoms with Crippen molar-refractivity contribution in [2.24, 2.45) is 0 Å². The van der Waals surface area contributed by atoms with E-state index in [0.29, 0.717) is 12.1 Å². The molecule has 1 N–H and O–H groups in total. The third kappa shape index (κ3) is 5.49. The Morgan fingerprint density at radius 1 is 1.12 bits per heavy atom. The molecule has 2 aromatic rings. The minimum atomic E-state index is -0.184. The van der Waals surface area contributed by atoms with Gasteiger partial charge in [0, 0.05) is 32.3 Å². The minimum Gasteiger partial charge on any atom is -0.497 e. The molecule has 0 heterocycles. The second-order valence-corrected chi connectivity index (χ2v) is 5.72. The van der Waals surface area contributed by atoms with E-state index in [9.17, 15) is 9.59 Å². The molecule has 0 saturated carbocycles. The van der Waals surface area contributed by atoms with Gasteiger partial charge in [0.25, 0.3) is 5.91 Å². The van der Waals surface area contributed by atoms with Gasteiger partial charge in [-0.25, -0.2) is 0 Å². The van der Waals surface area contributed by atoms with Crippen LogP contribution in [0.2, 0.25) is 0 Å². The highest BCUT2D eigenvalue weighted by atomic mass is 16.5. The van der Waals surface area contributed by atoms with Gasteiger partial charge in [-0.3, -0.25) is 9.59 Å². The van der Waals surface area contributed by atoms with Crippen LogP contribution in [-0.2, 0) is 11.3 Å². The summed E-state index contributed by atoms with van der Waals surface area (Å²) < 4.78 is 5.15. The topological polar surface area (TPSA) is 58.6 Å². The van der Waals surface area contributed by atoms with Crippen LogP contribution in [0.5, 0.6) is 5.75 Å². The predicted octanol–water partition coefficient (Wildman–Crippen LogP) is 2.73. The van der Waals surface area contributed by atoms with Crippen LogP contribution in [0.15, 0.2) is 54.6 Å². The van der Waals surface area contributed by atoms with Crippen molar-refractivity contribution in [1.29, 1.82) is 0 Å². The van der Waals surface area contributed by atoms with E-state index in [1.807, 2.05) is 36.4 Å². The summed E-state index contributed by atoms with van der Waals surface area (Å²) >= 11 is 0. The quantitative estimate of drug-likeness (QED) is 0.824. The van der Waals surface area contributed by atoms with Crippen molar-refractivity contribution in [3.05, 3.63) is 71.3 Å². The van der Waals surface area contributed by atoms with Crippen LogP contribution in [0.1, 0.15) is 21.5 Å². The summed E-state index contributed by atoms with van der Waals surface area (Å²) in [6.07, 6.45) is 3.22. The lowest BCUT2D eigenvalue weighted by molar-refractivity contribution is -0.116. The van der Waals surface area contributed by atoms with Crippen molar-refractivity contribution in [2.75, 3.05) is 21.2 Å². The average Bonchev–Trinajstić information content (AvgIpc) is 2.64. The molecule has 25 heavy (non-hydrogen) atoms. The Hall–Kier alpha value is -3.08. The van der Waals surface area contributed by atoms with Crippen molar-refractivity contribution in [3.8, 4) is 5.75 Å². The lowest BCUT2D eigenvalue weighted by Gasteiger charge is -2.10. The molecule has 0 saturated heterocycles. The second-order valence-electron chi connectivity index (χ2n) is 5.72. The van der Waals surface area contributed by atoms with Gasteiger partial charge in [0.2, 0.25) is 5.91 Å². The highest BCUT2D eigenvalue weighted by Gasteiger charge is 2.07. The molecule has 2 amide bonds. The van der Waals surface area contributed by atoms with E-state index in [1.54, 1.807) is 39.4 Å². The predicted molar refractivity (Wildman–Crippen MR) is 98.3 cm³/mol. The Labute approximate surface area is 147 Å². The average molecular weight is 338 g/mol. The number of ether oxygens (including phenoxy) is 1. The van der Waals surface area contributed by atoms with Gasteiger partial charge >= 0.3 is 0 Å². The van der Waals surface area contributed by atoms with Crippen LogP contribution >= 0.6 is 0 Å². The summed E-state index contributed by atoms with van der Waals surface area (Å²) in [5.74, 6) is 0.517. The second kappa shape index (κ2) is 8.68. The Bertz CT molecular complexity index is 765. The smallest absolute Gasteiger partial charge is 0.253 e. The van der Waals surface area contributed by atoms with Crippen molar-refractivity contribution in [2.45, 2.75) is 6.54 Å². The summed E-state index contributed by atoms with van der Waals surface area (Å²) in [5.41, 5.74) is 2.44. The van der Waals surface area contributed by atoms with Crippen molar-refractivity contribution in [1.82, 2.24) is 10.2 Å². The molecular formula is C20H22N2O3. The zero-order chi connectivity index (χ0) is 18.2. The molecule has 0 spiro atoms. The number of carbonyl (C=O) groups excluding carboxylic acids is 2. The normalized spacial score (nSPS) is 10.5. The maximum Gasteiger partial charge on any atom is 0.253 e. The van der Waals surface area contributed by atoms with Crippen molar-refractivity contribution >= 4 is 17.9 Å². The first-order valence-corrected chi connectivity index (χ1v) is 7.90. The molecule has 0 aliphatic heterocycles. The van der Waals surface area contributed by atoms with Gasteiger partial charge in [0.15, 0.2) is 0 Å². The third-order valence-electron chi connectivity index (χ3n) is 3.59. The molecule has 0 aliphatic rings. The van der Waals surface area contributed by atoms with Crippen molar-refractivity contribution < 1.29 is 14.3 Å². The molecule has 130 valence electrons. The number of carbonyl (C=O) groups is 2. The maximum atomic E-state index is 11.9. The molecular weight excluding hydrogens is 316 g/mol. The lowest BCUT2D eigenvalue weighted by Crippen LogP contribution is -2.22. The largest absolute Gasteiger partial charge is 0.497 e. The molecule has 5 nitrogen and oxygen atoms in total. The van der Waals surface area contributed by atoms with Gasteiger partial charge < -0.3 is 15.0 Å². The molecule has 2 aromatic carbocycles. The fourth-order valence-corrected chi connectivity index (χ4v) is 2.19. The summed E-state index contributed by atoms with van der Waals surface area (Å²) in [6, 6.07) is 14.7. The summed E-state index contributed by atoms with van der Waals surface area (Å²) in [4.78, 5) is 25.3. The van der Waals surface area contributed by atoms with Gasteiger partial charge in [-0.05, 0) is 41.5 Å². The van der Waals surface area contributed by atoms with Gasteiger partial charge in [-0.15, -0.1) is 0 Å². The number of benzene rings is 2. The zero-order valence-electron chi connectivity index (χ0n) is 14.7. The van der Waals surface area contributed by atoms with E-state index in [0.717, 1.165) is 16.9 Å². The van der Waals surface area contributed by atoms with E-state index in [2.05, 4.69) is 5.32 Å². The number of hydrogen-bond donors (Lipinski definition) is 1. The molecule has 0 fully saturated rings. The number of nitrogens with one attached hydrogen (secondary N) is 1. The molecule has 0 aliphatic carbocycles. The van der Waals surface area contributed by atoms with Crippen LogP contribution in [0, 0.1) is 0 Å². The standard InChI is InChI=1S/C20H22N2O3/c1-22(2)20(24)17-10-7-16(8-11-17)14-21-19(23)12-9-15-5-4-6-18(13-15)25-3/h4-13H,14H2,1-3H3,(H,21,23)/b12-9+. The number of nitrogens with zero attached hydrogens (tertiary/aromatic N) is 1. The van der Waals surface area contributed by atoms with E-state index >= 15 is 0 Å². The highest BCUT2D eigenvalue weighted by Crippen LogP contribution is 2.13. The molecule has 0 radical (unpaired) electrons. The Balaban J connectivity index is 1.89. The maximum absolute atomic E-state index is 11.9. The number of rotatable bonds is 6. The van der Waals surface area contributed by atoms with Crippen LogP contribution in [-0.4, -0.2) is 37.9 Å². The van der Waals surface area contributed by atoms with E-state index in [4.69, 9.17) is 4.74 Å². The van der Waals surface area contributed by atoms with Crippen LogP contribution in [0.3, 0.4) is 0 Å². The van der Waals surface area contributed by atoms with E-state index < -0.39 is 0 Å². The number of hydrogen-bond acceptors (Lipinski definition) is 3. The zero-order valence-corrected chi connectivity index (χ0v) is 14.7. The first-order valence-electron chi connectivity index (χ1n) is 7.90. The van der Waals surface area contributed by atoms with Crippen LogP contribution in [0.4, 0.5) is 0 Å². The molecule has 0 aromatic heterocycles. The first kappa shape index (κ1) is 18.3. The lowest BCUT2D eigenvalue weighted by atomic mass is 10.1. The van der Waals surface area contributed by atoms with Gasteiger partial charge in [0.05, 0.1) is 7.11 Å². The molecule has 2 rings (SSSR count). The fourth-order valence-electron chi connectivity index (χ4n) is 2.19. The summed E-state index contributed by atoms with van der Waals surface area (Å²) in [6.45, 7) is 0.401. The van der Waals surface area contributed by atoms with E-state index in [-0.39, 0.29) is 11.8 Å². The van der Waals surface area contributed by atoms with E-state index in [1.165, 1.54) is 11.0 Å². The van der Waals surface area contributed by atoms with Crippen LogP contribution < -0.4 is 10.1 Å². The Morgan fingerprint density at radius 3 is 2.48 bits per heavy atom. The first-order chi connectivity index (χ1) is 12.0. The molecule has 0 atom stereocenters. The highest BCUT2D eigenvalue weighted by molar-refractivity contribution is 5.94. The Morgan fingerprint density at radius 2 is 1.84 bits per heavy atom. The van der Waals surface area contributed by atoms with Gasteiger partial charge in [-0.1, -0.05) is 24.3 Å². The monoisotopic (exact) mass is 338 g/mol. The Kier molecular flexibility index (Phi) is 6.34. The summed E-state index contributed by atoms with van der Waals surface area (Å²) in [5, 5.41) is 2.82. The van der Waals surface area contributed by atoms with Gasteiger partial charge in [0.1, 0.15) is 5.75 Å². The third-order valence-corrected chi connectivity index (χ3v) is 3.59. The van der Waals surface area contributed by atoms with Crippen LogP contribution in [0.25, 0.3) is 6.08 Å². The number of methoxy groups -OCH3 is 1. The van der Waals surface area contributed by atoms with Crippen molar-refractivity contribution in [3.63, 3.8) is 0 Å². The summed E-state index contributed by atoms with van der Waals surface area (Å²) in [7, 11) is 5.03. The number of amides is 2.